The van der Waals surface area contributed by atoms with Crippen LogP contribution < -0.4 is 15.6 Å². The molecule has 2 N–H and O–H groups in total. The first-order valence-electron chi connectivity index (χ1n) is 7.33. The second-order valence-electron chi connectivity index (χ2n) is 5.06. The average Bonchev–Trinajstić information content (AvgIpc) is 2.58. The van der Waals surface area contributed by atoms with Crippen molar-refractivity contribution in [3.05, 3.63) is 58.5 Å². The molecule has 2 aromatic heterocycles. The van der Waals surface area contributed by atoms with Crippen molar-refractivity contribution >= 4 is 16.9 Å². The predicted molar refractivity (Wildman–Crippen MR) is 85.6 cm³/mol. The monoisotopic (exact) mass is 350 g/mol. The fraction of sp³-hybridized carbons (Fsp3) is 0.188. The first-order chi connectivity index (χ1) is 11.9. The summed E-state index contributed by atoms with van der Waals surface area (Å²) in [5, 5.41) is 3.26. The SMILES string of the molecule is O=c1[nH]c(NCCOc2ncccc2C(F)(F)F)nc2ccccc12. The summed E-state index contributed by atoms with van der Waals surface area (Å²) in [6, 6.07) is 8.91. The molecule has 0 bridgehead atoms. The summed E-state index contributed by atoms with van der Waals surface area (Å²) in [5.74, 6) is -0.277. The Morgan fingerprint density at radius 3 is 2.76 bits per heavy atom. The maximum absolute atomic E-state index is 12.8. The van der Waals surface area contributed by atoms with Crippen LogP contribution in [-0.2, 0) is 6.18 Å². The van der Waals surface area contributed by atoms with E-state index in [0.717, 1.165) is 6.07 Å². The van der Waals surface area contributed by atoms with Crippen LogP contribution in [0.1, 0.15) is 5.56 Å². The molecule has 0 fully saturated rings. The summed E-state index contributed by atoms with van der Waals surface area (Å²) in [6.45, 7) is 0.0474. The molecule has 9 heteroatoms. The van der Waals surface area contributed by atoms with Gasteiger partial charge in [0.15, 0.2) is 0 Å². The summed E-state index contributed by atoms with van der Waals surface area (Å²) in [6.07, 6.45) is -3.32. The number of hydrogen-bond acceptors (Lipinski definition) is 5. The highest BCUT2D eigenvalue weighted by molar-refractivity contribution is 5.78. The zero-order chi connectivity index (χ0) is 17.9. The van der Waals surface area contributed by atoms with Gasteiger partial charge in [0.1, 0.15) is 12.2 Å². The lowest BCUT2D eigenvalue weighted by atomic mass is 10.2. The molecule has 6 nitrogen and oxygen atoms in total. The quantitative estimate of drug-likeness (QED) is 0.692. The number of fused-ring (bicyclic) bond motifs is 1. The van der Waals surface area contributed by atoms with Crippen LogP contribution in [0.4, 0.5) is 19.1 Å². The highest BCUT2D eigenvalue weighted by atomic mass is 19.4. The molecule has 0 amide bonds. The van der Waals surface area contributed by atoms with Gasteiger partial charge in [-0.15, -0.1) is 0 Å². The van der Waals surface area contributed by atoms with Gasteiger partial charge in [0.05, 0.1) is 17.4 Å². The Hall–Kier alpha value is -3.10. The van der Waals surface area contributed by atoms with Crippen molar-refractivity contribution in [1.82, 2.24) is 15.0 Å². The van der Waals surface area contributed by atoms with Crippen molar-refractivity contribution in [2.45, 2.75) is 6.18 Å². The van der Waals surface area contributed by atoms with Crippen LogP contribution in [0.2, 0.25) is 0 Å². The molecule has 0 spiro atoms. The van der Waals surface area contributed by atoms with Crippen LogP contribution in [0.5, 0.6) is 5.88 Å². The number of alkyl halides is 3. The molecule has 3 rings (SSSR count). The molecule has 25 heavy (non-hydrogen) atoms. The van der Waals surface area contributed by atoms with Crippen molar-refractivity contribution in [2.75, 3.05) is 18.5 Å². The lowest BCUT2D eigenvalue weighted by Crippen LogP contribution is -2.18. The van der Waals surface area contributed by atoms with E-state index in [9.17, 15) is 18.0 Å². The molecular formula is C16H13F3N4O2. The molecule has 130 valence electrons. The average molecular weight is 350 g/mol. The molecule has 0 saturated carbocycles. The Balaban J connectivity index is 1.64. The molecular weight excluding hydrogens is 337 g/mol. The van der Waals surface area contributed by atoms with Gasteiger partial charge in [-0.1, -0.05) is 12.1 Å². The Morgan fingerprint density at radius 2 is 1.96 bits per heavy atom. The number of para-hydroxylation sites is 1. The highest BCUT2D eigenvalue weighted by Crippen LogP contribution is 2.34. The number of H-pyrrole nitrogens is 1. The molecule has 0 atom stereocenters. The molecule has 0 aliphatic carbocycles. The zero-order valence-electron chi connectivity index (χ0n) is 12.8. The normalized spacial score (nSPS) is 11.5. The Bertz CT molecular complexity index is 940. The largest absolute Gasteiger partial charge is 0.475 e. The molecule has 3 aromatic rings. The maximum Gasteiger partial charge on any atom is 0.421 e. The van der Waals surface area contributed by atoms with Crippen LogP contribution in [0.3, 0.4) is 0 Å². The minimum Gasteiger partial charge on any atom is -0.475 e. The van der Waals surface area contributed by atoms with Gasteiger partial charge in [-0.05, 0) is 24.3 Å². The van der Waals surface area contributed by atoms with Crippen molar-refractivity contribution < 1.29 is 17.9 Å². The van der Waals surface area contributed by atoms with Gasteiger partial charge in [0.25, 0.3) is 5.56 Å². The van der Waals surface area contributed by atoms with Crippen LogP contribution in [0.25, 0.3) is 10.9 Å². The summed E-state index contributed by atoms with van der Waals surface area (Å²) in [5.41, 5.74) is -0.732. The number of benzene rings is 1. The number of rotatable bonds is 5. The number of nitrogens with zero attached hydrogens (tertiary/aromatic N) is 2. The third-order valence-electron chi connectivity index (χ3n) is 3.32. The molecule has 0 unspecified atom stereocenters. The molecule has 0 saturated heterocycles. The lowest BCUT2D eigenvalue weighted by molar-refractivity contribution is -0.139. The third-order valence-corrected chi connectivity index (χ3v) is 3.32. The van der Waals surface area contributed by atoms with E-state index in [4.69, 9.17) is 4.74 Å². The summed E-state index contributed by atoms with van der Waals surface area (Å²) >= 11 is 0. The van der Waals surface area contributed by atoms with Gasteiger partial charge < -0.3 is 10.1 Å². The van der Waals surface area contributed by atoms with Crippen LogP contribution >= 0.6 is 0 Å². The number of nitrogens with one attached hydrogen (secondary N) is 2. The van der Waals surface area contributed by atoms with Gasteiger partial charge in [-0.2, -0.15) is 13.2 Å². The highest BCUT2D eigenvalue weighted by Gasteiger charge is 2.34. The van der Waals surface area contributed by atoms with Crippen LogP contribution in [0.15, 0.2) is 47.4 Å². The van der Waals surface area contributed by atoms with E-state index in [1.165, 1.54) is 12.3 Å². The number of aromatic nitrogens is 3. The number of hydrogen-bond donors (Lipinski definition) is 2. The van der Waals surface area contributed by atoms with Crippen molar-refractivity contribution in [1.29, 1.82) is 0 Å². The van der Waals surface area contributed by atoms with Crippen molar-refractivity contribution in [2.24, 2.45) is 0 Å². The fourth-order valence-corrected chi connectivity index (χ4v) is 2.21. The standard InChI is InChI=1S/C16H13F3N4O2/c17-16(18,19)11-5-3-7-20-14(11)25-9-8-21-15-22-12-6-2-1-4-10(12)13(24)23-15/h1-7H,8-9H2,(H2,21,22,23,24). The second-order valence-corrected chi connectivity index (χ2v) is 5.06. The summed E-state index contributed by atoms with van der Waals surface area (Å²) < 4.78 is 43.6. The Morgan fingerprint density at radius 1 is 1.16 bits per heavy atom. The molecule has 0 aliphatic heterocycles. The molecule has 1 aromatic carbocycles. The molecule has 2 heterocycles. The number of ether oxygens (including phenoxy) is 1. The second kappa shape index (κ2) is 6.80. The van der Waals surface area contributed by atoms with Gasteiger partial charge in [0, 0.05) is 6.20 Å². The minimum absolute atomic E-state index is 0.0867. The summed E-state index contributed by atoms with van der Waals surface area (Å²) in [4.78, 5) is 22.3. The topological polar surface area (TPSA) is 79.9 Å². The van der Waals surface area contributed by atoms with Gasteiger partial charge in [0.2, 0.25) is 11.8 Å². The van der Waals surface area contributed by atoms with E-state index in [2.05, 4.69) is 20.3 Å². The van der Waals surface area contributed by atoms with Gasteiger partial charge in [-0.3, -0.25) is 9.78 Å². The minimum atomic E-state index is -4.54. The number of aromatic amines is 1. The Labute approximate surface area is 139 Å². The number of anilines is 1. The van der Waals surface area contributed by atoms with E-state index >= 15 is 0 Å². The smallest absolute Gasteiger partial charge is 0.421 e. The van der Waals surface area contributed by atoms with E-state index in [1.807, 2.05) is 0 Å². The summed E-state index contributed by atoms with van der Waals surface area (Å²) in [7, 11) is 0. The van der Waals surface area contributed by atoms with Crippen LogP contribution in [0, 0.1) is 0 Å². The lowest BCUT2D eigenvalue weighted by Gasteiger charge is -2.12. The maximum atomic E-state index is 12.8. The predicted octanol–water partition coefficient (Wildman–Crippen LogP) is 2.83. The van der Waals surface area contributed by atoms with E-state index < -0.39 is 17.6 Å². The Kier molecular flexibility index (Phi) is 4.55. The number of pyridine rings is 1. The van der Waals surface area contributed by atoms with E-state index in [-0.39, 0.29) is 24.7 Å². The first kappa shape index (κ1) is 16.7. The van der Waals surface area contributed by atoms with Crippen molar-refractivity contribution in [3.8, 4) is 5.88 Å². The number of halogens is 3. The molecule has 0 radical (unpaired) electrons. The van der Waals surface area contributed by atoms with Crippen molar-refractivity contribution in [3.63, 3.8) is 0 Å². The van der Waals surface area contributed by atoms with Gasteiger partial charge in [-0.25, -0.2) is 9.97 Å². The molecule has 0 aliphatic rings. The fourth-order valence-electron chi connectivity index (χ4n) is 2.21. The first-order valence-corrected chi connectivity index (χ1v) is 7.33. The van der Waals surface area contributed by atoms with E-state index in [1.54, 1.807) is 24.3 Å². The zero-order valence-corrected chi connectivity index (χ0v) is 12.8. The third kappa shape index (κ3) is 3.87. The van der Waals surface area contributed by atoms with E-state index in [0.29, 0.717) is 10.9 Å². The van der Waals surface area contributed by atoms with Gasteiger partial charge >= 0.3 is 6.18 Å². The van der Waals surface area contributed by atoms with Crippen LogP contribution in [-0.4, -0.2) is 28.1 Å².